The summed E-state index contributed by atoms with van der Waals surface area (Å²) in [5.41, 5.74) is -2.23. The monoisotopic (exact) mass is 500 g/mol. The third kappa shape index (κ3) is 3.80. The number of hydrogen-bond donors (Lipinski definition) is 1. The van der Waals surface area contributed by atoms with Crippen molar-refractivity contribution >= 4 is 16.7 Å². The predicted octanol–water partition coefficient (Wildman–Crippen LogP) is 4.36. The van der Waals surface area contributed by atoms with E-state index in [1.54, 1.807) is 42.6 Å². The number of carbonyl (C=O) groups excluding carboxylic acids is 1. The summed E-state index contributed by atoms with van der Waals surface area (Å²) in [6, 6.07) is 13.4. The lowest BCUT2D eigenvalue weighted by Crippen LogP contribution is -2.60. The summed E-state index contributed by atoms with van der Waals surface area (Å²) in [6.45, 7) is 2.13. The molecule has 0 radical (unpaired) electrons. The highest BCUT2D eigenvalue weighted by molar-refractivity contribution is 5.95. The number of methoxy groups -OCH3 is 1. The van der Waals surface area contributed by atoms with Crippen LogP contribution in [0.4, 0.5) is 13.2 Å². The number of carbonyl (C=O) groups is 1. The predicted molar refractivity (Wildman–Crippen MR) is 130 cm³/mol. The van der Waals surface area contributed by atoms with Gasteiger partial charge in [-0.05, 0) is 48.1 Å². The normalized spacial score (nSPS) is 22.0. The van der Waals surface area contributed by atoms with E-state index in [1.165, 1.54) is 11.0 Å². The van der Waals surface area contributed by atoms with Crippen molar-refractivity contribution in [3.8, 4) is 0 Å². The Balaban J connectivity index is 1.48. The molecule has 1 N–H and O–H groups in total. The van der Waals surface area contributed by atoms with Crippen molar-refractivity contribution < 1.29 is 22.7 Å². The van der Waals surface area contributed by atoms with E-state index in [9.17, 15) is 18.0 Å². The molecule has 2 unspecified atom stereocenters. The first-order chi connectivity index (χ1) is 17.2. The van der Waals surface area contributed by atoms with Gasteiger partial charge in [-0.3, -0.25) is 9.48 Å². The fraction of sp³-hybridized carbons (Fsp3) is 0.481. The minimum absolute atomic E-state index is 0.0940. The minimum Gasteiger partial charge on any atom is -0.356 e. The van der Waals surface area contributed by atoms with Crippen LogP contribution < -0.4 is 5.32 Å². The van der Waals surface area contributed by atoms with E-state index < -0.39 is 17.7 Å². The lowest BCUT2D eigenvalue weighted by Gasteiger charge is -2.50. The largest absolute Gasteiger partial charge is 0.431 e. The second-order valence-electron chi connectivity index (χ2n) is 9.95. The van der Waals surface area contributed by atoms with Gasteiger partial charge in [0.1, 0.15) is 0 Å². The van der Waals surface area contributed by atoms with Crippen molar-refractivity contribution in [1.29, 1.82) is 0 Å². The molecule has 192 valence electrons. The molecule has 9 heteroatoms. The first-order valence-electron chi connectivity index (χ1n) is 12.3. The van der Waals surface area contributed by atoms with Gasteiger partial charge < -0.3 is 15.0 Å². The highest BCUT2D eigenvalue weighted by Crippen LogP contribution is 2.50. The standard InChI is InChI=1S/C27H31F3N4O2/c1-33-23(10-14-32-33)22-18-31-15-11-25(22)12-16-34(17-13-25)24(35)26(36-2,27(28,29)30)21-9-5-7-19-6-3-4-8-20(19)21/h3-10,14,22,31H,11-13,15-18H2,1-2H3. The van der Waals surface area contributed by atoms with Crippen LogP contribution in [-0.4, -0.2) is 60.1 Å². The summed E-state index contributed by atoms with van der Waals surface area (Å²) >= 11 is 0. The number of rotatable bonds is 4. The second kappa shape index (κ2) is 9.19. The van der Waals surface area contributed by atoms with E-state index in [-0.39, 0.29) is 30.0 Å². The van der Waals surface area contributed by atoms with Gasteiger partial charge in [-0.25, -0.2) is 0 Å². The van der Waals surface area contributed by atoms with Gasteiger partial charge in [0.05, 0.1) is 0 Å². The van der Waals surface area contributed by atoms with Crippen LogP contribution in [0.1, 0.15) is 36.4 Å². The number of amides is 1. The average Bonchev–Trinajstić information content (AvgIpc) is 3.30. The Hall–Kier alpha value is -2.91. The van der Waals surface area contributed by atoms with E-state index in [4.69, 9.17) is 4.74 Å². The zero-order valence-electron chi connectivity index (χ0n) is 20.5. The first-order valence-corrected chi connectivity index (χ1v) is 12.3. The van der Waals surface area contributed by atoms with E-state index in [2.05, 4.69) is 10.4 Å². The second-order valence-corrected chi connectivity index (χ2v) is 9.95. The Morgan fingerprint density at radius 1 is 1.08 bits per heavy atom. The summed E-state index contributed by atoms with van der Waals surface area (Å²) in [6.07, 6.45) is -1.00. The molecule has 3 aromatic rings. The van der Waals surface area contributed by atoms with Crippen LogP contribution in [0.15, 0.2) is 54.7 Å². The number of benzene rings is 2. The Labute approximate surface area is 208 Å². The molecule has 2 aliphatic rings. The number of nitrogens with zero attached hydrogens (tertiary/aromatic N) is 3. The molecular formula is C27H31F3N4O2. The molecule has 2 saturated heterocycles. The van der Waals surface area contributed by atoms with Crippen molar-refractivity contribution in [2.75, 3.05) is 33.3 Å². The van der Waals surface area contributed by atoms with Crippen LogP contribution in [0.3, 0.4) is 0 Å². The highest BCUT2D eigenvalue weighted by Gasteiger charge is 2.64. The number of halogens is 3. The topological polar surface area (TPSA) is 59.4 Å². The van der Waals surface area contributed by atoms with Crippen molar-refractivity contribution in [3.63, 3.8) is 0 Å². The van der Waals surface area contributed by atoms with Gasteiger partial charge in [0, 0.05) is 57.2 Å². The van der Waals surface area contributed by atoms with Gasteiger partial charge in [0.25, 0.3) is 11.5 Å². The van der Waals surface area contributed by atoms with Crippen molar-refractivity contribution in [2.24, 2.45) is 12.5 Å². The Kier molecular flexibility index (Phi) is 6.32. The number of hydrogen-bond acceptors (Lipinski definition) is 4. The zero-order valence-corrected chi connectivity index (χ0v) is 20.5. The van der Waals surface area contributed by atoms with E-state index in [1.807, 2.05) is 17.8 Å². The van der Waals surface area contributed by atoms with Gasteiger partial charge >= 0.3 is 6.18 Å². The molecule has 0 saturated carbocycles. The summed E-state index contributed by atoms with van der Waals surface area (Å²) in [5.74, 6) is -0.862. The number of fused-ring (bicyclic) bond motifs is 1. The minimum atomic E-state index is -4.94. The van der Waals surface area contributed by atoms with Crippen molar-refractivity contribution in [3.05, 3.63) is 66.0 Å². The Morgan fingerprint density at radius 2 is 1.81 bits per heavy atom. The fourth-order valence-electron chi connectivity index (χ4n) is 6.33. The van der Waals surface area contributed by atoms with E-state index >= 15 is 0 Å². The molecule has 0 aliphatic carbocycles. The average molecular weight is 501 g/mol. The molecule has 5 rings (SSSR count). The molecule has 2 atom stereocenters. The maximum absolute atomic E-state index is 14.8. The van der Waals surface area contributed by atoms with Gasteiger partial charge in [-0.15, -0.1) is 0 Å². The van der Waals surface area contributed by atoms with Gasteiger partial charge in [-0.1, -0.05) is 42.5 Å². The smallest absolute Gasteiger partial charge is 0.356 e. The Morgan fingerprint density at radius 3 is 2.47 bits per heavy atom. The SMILES string of the molecule is COC(C(=O)N1CCC2(CCNCC2c2ccnn2C)CC1)(c1cccc2ccccc12)C(F)(F)F. The lowest BCUT2D eigenvalue weighted by molar-refractivity contribution is -0.270. The summed E-state index contributed by atoms with van der Waals surface area (Å²) in [7, 11) is 2.89. The highest BCUT2D eigenvalue weighted by atomic mass is 19.4. The van der Waals surface area contributed by atoms with Crippen molar-refractivity contribution in [1.82, 2.24) is 20.0 Å². The lowest BCUT2D eigenvalue weighted by atomic mass is 9.63. The van der Waals surface area contributed by atoms with Crippen LogP contribution in [0.5, 0.6) is 0 Å². The molecule has 1 aromatic heterocycles. The number of nitrogens with one attached hydrogen (secondary N) is 1. The van der Waals surface area contributed by atoms with Crippen LogP contribution >= 0.6 is 0 Å². The molecule has 36 heavy (non-hydrogen) atoms. The first kappa shape index (κ1) is 24.8. The van der Waals surface area contributed by atoms with Crippen LogP contribution in [0, 0.1) is 5.41 Å². The van der Waals surface area contributed by atoms with Gasteiger partial charge in [0.2, 0.25) is 0 Å². The number of alkyl halides is 3. The van der Waals surface area contributed by atoms with Gasteiger partial charge in [0.15, 0.2) is 0 Å². The summed E-state index contributed by atoms with van der Waals surface area (Å²) in [4.78, 5) is 15.2. The number of piperidine rings is 2. The number of ether oxygens (including phenoxy) is 1. The zero-order chi connectivity index (χ0) is 25.6. The third-order valence-electron chi connectivity index (χ3n) is 8.33. The molecule has 6 nitrogen and oxygen atoms in total. The fourth-order valence-corrected chi connectivity index (χ4v) is 6.33. The van der Waals surface area contributed by atoms with Crippen LogP contribution in [0.2, 0.25) is 0 Å². The quantitative estimate of drug-likeness (QED) is 0.578. The molecule has 2 fully saturated rings. The number of aromatic nitrogens is 2. The molecule has 1 spiro atoms. The Bertz CT molecular complexity index is 1240. The number of likely N-dealkylation sites (tertiary alicyclic amines) is 1. The molecular weight excluding hydrogens is 469 g/mol. The maximum atomic E-state index is 14.8. The maximum Gasteiger partial charge on any atom is 0.431 e. The summed E-state index contributed by atoms with van der Waals surface area (Å²) < 4.78 is 51.6. The summed E-state index contributed by atoms with van der Waals surface area (Å²) in [5, 5.41) is 8.76. The molecule has 2 aliphatic heterocycles. The van der Waals surface area contributed by atoms with Crippen LogP contribution in [0.25, 0.3) is 10.8 Å². The molecule has 3 heterocycles. The molecule has 2 aromatic carbocycles. The van der Waals surface area contributed by atoms with Crippen LogP contribution in [-0.2, 0) is 22.2 Å². The molecule has 1 amide bonds. The number of aryl methyl sites for hydroxylation is 1. The third-order valence-corrected chi connectivity index (χ3v) is 8.33. The van der Waals surface area contributed by atoms with E-state index in [0.29, 0.717) is 23.6 Å². The van der Waals surface area contributed by atoms with Crippen molar-refractivity contribution in [2.45, 2.75) is 37.0 Å². The van der Waals surface area contributed by atoms with E-state index in [0.717, 1.165) is 32.3 Å². The molecule has 0 bridgehead atoms. The van der Waals surface area contributed by atoms with Gasteiger partial charge in [-0.2, -0.15) is 18.3 Å².